The van der Waals surface area contributed by atoms with Gasteiger partial charge in [0.15, 0.2) is 0 Å². The first-order chi connectivity index (χ1) is 17.1. The van der Waals surface area contributed by atoms with Crippen LogP contribution in [-0.2, 0) is 14.3 Å². The minimum Gasteiger partial charge on any atom is -0.508 e. The van der Waals surface area contributed by atoms with E-state index in [0.717, 1.165) is 32.1 Å². The zero-order valence-corrected chi connectivity index (χ0v) is 22.4. The van der Waals surface area contributed by atoms with Crippen LogP contribution < -0.4 is 10.6 Å². The largest absolute Gasteiger partial charge is 0.508 e. The molecule has 0 aromatic heterocycles. The number of carbonyl (C=O) groups excluding carboxylic acids is 3. The van der Waals surface area contributed by atoms with Crippen LogP contribution in [0.5, 0.6) is 5.75 Å². The van der Waals surface area contributed by atoms with Crippen molar-refractivity contribution in [2.75, 3.05) is 18.6 Å². The molecule has 10 heteroatoms. The van der Waals surface area contributed by atoms with Crippen LogP contribution in [0.25, 0.3) is 0 Å². The summed E-state index contributed by atoms with van der Waals surface area (Å²) in [7, 11) is 0. The van der Waals surface area contributed by atoms with Crippen LogP contribution in [0.1, 0.15) is 70.9 Å². The van der Waals surface area contributed by atoms with Crippen molar-refractivity contribution in [1.29, 1.82) is 5.26 Å². The Kier molecular flexibility index (Phi) is 11.4. The van der Waals surface area contributed by atoms with E-state index in [0.29, 0.717) is 17.7 Å². The molecule has 198 valence electrons. The van der Waals surface area contributed by atoms with Crippen molar-refractivity contribution in [2.45, 2.75) is 83.0 Å². The molecule has 0 spiro atoms. The van der Waals surface area contributed by atoms with E-state index in [-0.39, 0.29) is 18.3 Å². The maximum absolute atomic E-state index is 13.8. The third-order valence-corrected chi connectivity index (χ3v) is 6.49. The van der Waals surface area contributed by atoms with Gasteiger partial charge in [-0.05, 0) is 69.7 Å². The smallest absolute Gasteiger partial charge is 0.408 e. The number of hydrogen-bond donors (Lipinski definition) is 3. The molecule has 2 atom stereocenters. The van der Waals surface area contributed by atoms with Gasteiger partial charge in [-0.1, -0.05) is 31.4 Å². The van der Waals surface area contributed by atoms with Gasteiger partial charge < -0.3 is 25.4 Å². The van der Waals surface area contributed by atoms with Crippen LogP contribution in [0.2, 0.25) is 0 Å². The first-order valence-corrected chi connectivity index (χ1v) is 13.7. The number of nitrogens with zero attached hydrogens (tertiary/aromatic N) is 2. The highest BCUT2D eigenvalue weighted by Gasteiger charge is 2.37. The van der Waals surface area contributed by atoms with E-state index in [1.165, 1.54) is 28.8 Å². The average Bonchev–Trinajstić information content (AvgIpc) is 2.81. The number of nitrogens with one attached hydrogen (secondary N) is 2. The Hall–Kier alpha value is -2.93. The van der Waals surface area contributed by atoms with Gasteiger partial charge in [0.25, 0.3) is 0 Å². The fourth-order valence-corrected chi connectivity index (χ4v) is 4.64. The summed E-state index contributed by atoms with van der Waals surface area (Å²) >= 11 is 1.51. The number of alkyl carbamates (subject to hydrolysis) is 1. The number of hydrogen-bond acceptors (Lipinski definition) is 7. The van der Waals surface area contributed by atoms with E-state index in [4.69, 9.17) is 4.74 Å². The minimum atomic E-state index is -1.10. The van der Waals surface area contributed by atoms with E-state index >= 15 is 0 Å². The molecule has 1 aliphatic carbocycles. The molecule has 1 fully saturated rings. The number of carbonyl (C=O) groups is 3. The lowest BCUT2D eigenvalue weighted by Gasteiger charge is -2.34. The molecule has 0 saturated heterocycles. The monoisotopic (exact) mass is 518 g/mol. The molecule has 0 heterocycles. The number of benzene rings is 1. The highest BCUT2D eigenvalue weighted by Crippen LogP contribution is 2.26. The molecule has 0 aliphatic heterocycles. The Balaban J connectivity index is 2.39. The van der Waals surface area contributed by atoms with Gasteiger partial charge in [0.05, 0.1) is 6.07 Å². The fourth-order valence-electron chi connectivity index (χ4n) is 4.17. The van der Waals surface area contributed by atoms with Gasteiger partial charge >= 0.3 is 6.09 Å². The van der Waals surface area contributed by atoms with Gasteiger partial charge in [0.1, 0.15) is 30.0 Å². The Morgan fingerprint density at radius 3 is 2.39 bits per heavy atom. The van der Waals surface area contributed by atoms with Gasteiger partial charge in [-0.2, -0.15) is 17.0 Å². The normalized spacial score (nSPS) is 15.8. The molecule has 1 saturated carbocycles. The van der Waals surface area contributed by atoms with Gasteiger partial charge in [-0.15, -0.1) is 0 Å². The van der Waals surface area contributed by atoms with Crippen LogP contribution in [-0.4, -0.2) is 64.2 Å². The lowest BCUT2D eigenvalue weighted by atomic mass is 9.94. The Morgan fingerprint density at radius 1 is 1.19 bits per heavy atom. The number of amides is 3. The van der Waals surface area contributed by atoms with Crippen molar-refractivity contribution >= 4 is 29.7 Å². The molecule has 9 nitrogen and oxygen atoms in total. The zero-order valence-electron chi connectivity index (χ0n) is 21.6. The Bertz CT molecular complexity index is 920. The van der Waals surface area contributed by atoms with E-state index in [1.807, 2.05) is 12.3 Å². The highest BCUT2D eigenvalue weighted by molar-refractivity contribution is 7.98. The molecule has 1 aromatic rings. The third-order valence-electron chi connectivity index (χ3n) is 5.84. The second-order valence-electron chi connectivity index (χ2n) is 9.94. The summed E-state index contributed by atoms with van der Waals surface area (Å²) in [6, 6.07) is 5.92. The van der Waals surface area contributed by atoms with Crippen molar-refractivity contribution in [3.05, 3.63) is 29.8 Å². The van der Waals surface area contributed by atoms with Crippen LogP contribution >= 0.6 is 11.8 Å². The molecule has 1 aliphatic rings. The lowest BCUT2D eigenvalue weighted by molar-refractivity contribution is -0.142. The molecular weight excluding hydrogens is 480 g/mol. The average molecular weight is 519 g/mol. The SMILES string of the molecule is CSCCC(NC(=O)OC(C)(C)C)C(=O)N(CC#N)C(C(=O)NC1CCCCC1)c1ccc(O)cc1. The molecule has 2 unspecified atom stereocenters. The summed E-state index contributed by atoms with van der Waals surface area (Å²) in [6.07, 6.45) is 6.32. The van der Waals surface area contributed by atoms with E-state index in [1.54, 1.807) is 32.9 Å². The van der Waals surface area contributed by atoms with Gasteiger partial charge in [-0.3, -0.25) is 9.59 Å². The maximum atomic E-state index is 13.8. The zero-order chi connectivity index (χ0) is 26.7. The lowest BCUT2D eigenvalue weighted by Crippen LogP contribution is -2.54. The molecule has 1 aromatic carbocycles. The second kappa shape index (κ2) is 14.0. The summed E-state index contributed by atoms with van der Waals surface area (Å²) < 4.78 is 5.34. The quantitative estimate of drug-likeness (QED) is 0.401. The summed E-state index contributed by atoms with van der Waals surface area (Å²) in [5.74, 6) is -0.344. The van der Waals surface area contributed by atoms with Crippen LogP contribution in [0.15, 0.2) is 24.3 Å². The van der Waals surface area contributed by atoms with Crippen molar-refractivity contribution in [2.24, 2.45) is 0 Å². The molecule has 0 bridgehead atoms. The molecule has 36 heavy (non-hydrogen) atoms. The summed E-state index contributed by atoms with van der Waals surface area (Å²) in [5, 5.41) is 25.1. The number of aromatic hydroxyl groups is 1. The van der Waals surface area contributed by atoms with Crippen molar-refractivity contribution in [1.82, 2.24) is 15.5 Å². The van der Waals surface area contributed by atoms with Crippen molar-refractivity contribution < 1.29 is 24.2 Å². The molecular formula is C26H38N4O5S. The van der Waals surface area contributed by atoms with Crippen molar-refractivity contribution in [3.63, 3.8) is 0 Å². The van der Waals surface area contributed by atoms with Crippen LogP contribution in [0, 0.1) is 11.3 Å². The first-order valence-electron chi connectivity index (χ1n) is 12.3. The number of phenolic OH excluding ortho intramolecular Hbond substituents is 1. The Labute approximate surface area is 217 Å². The predicted molar refractivity (Wildman–Crippen MR) is 139 cm³/mol. The fraction of sp³-hybridized carbons (Fsp3) is 0.615. The van der Waals surface area contributed by atoms with Crippen molar-refractivity contribution in [3.8, 4) is 11.8 Å². The van der Waals surface area contributed by atoms with E-state index in [2.05, 4.69) is 10.6 Å². The topological polar surface area (TPSA) is 132 Å². The maximum Gasteiger partial charge on any atom is 0.408 e. The first kappa shape index (κ1) is 29.3. The molecule has 3 amide bonds. The third kappa shape index (κ3) is 9.26. The van der Waals surface area contributed by atoms with Gasteiger partial charge in [0, 0.05) is 6.04 Å². The number of rotatable bonds is 10. The Morgan fingerprint density at radius 2 is 1.83 bits per heavy atom. The van der Waals surface area contributed by atoms with Gasteiger partial charge in [-0.25, -0.2) is 4.79 Å². The van der Waals surface area contributed by atoms with E-state index in [9.17, 15) is 24.8 Å². The predicted octanol–water partition coefficient (Wildman–Crippen LogP) is 3.88. The number of ether oxygens (including phenoxy) is 1. The highest BCUT2D eigenvalue weighted by atomic mass is 32.2. The minimum absolute atomic E-state index is 0.00270. The number of thioether (sulfide) groups is 1. The van der Waals surface area contributed by atoms with Gasteiger partial charge in [0.2, 0.25) is 11.8 Å². The molecule has 3 N–H and O–H groups in total. The summed E-state index contributed by atoms with van der Waals surface area (Å²) in [5.41, 5.74) is -0.288. The van der Waals surface area contributed by atoms with Crippen LogP contribution in [0.3, 0.4) is 0 Å². The number of nitriles is 1. The van der Waals surface area contributed by atoms with E-state index < -0.39 is 35.6 Å². The molecule has 2 rings (SSSR count). The summed E-state index contributed by atoms with van der Waals surface area (Å²) in [4.78, 5) is 41.1. The second-order valence-corrected chi connectivity index (χ2v) is 10.9. The number of phenols is 1. The van der Waals surface area contributed by atoms with Crippen LogP contribution in [0.4, 0.5) is 4.79 Å². The summed E-state index contributed by atoms with van der Waals surface area (Å²) in [6.45, 7) is 4.82. The standard InChI is InChI=1S/C26H38N4O5S/c1-26(2,3)35-25(34)29-21(14-17-36-4)24(33)30(16-15-27)22(18-10-12-20(31)13-11-18)23(32)28-19-8-6-5-7-9-19/h10-13,19,21-22,31H,5-9,14,16-17H2,1-4H3,(H,28,32)(H,29,34). The molecule has 0 radical (unpaired) electrons.